The third kappa shape index (κ3) is 4.21. The first-order valence-electron chi connectivity index (χ1n) is 9.49. The summed E-state index contributed by atoms with van der Waals surface area (Å²) in [4.78, 5) is 27.2. The van der Waals surface area contributed by atoms with Crippen molar-refractivity contribution >= 4 is 22.9 Å². The highest BCUT2D eigenvalue weighted by atomic mass is 32.1. The number of para-hydroxylation sites is 1. The predicted octanol–water partition coefficient (Wildman–Crippen LogP) is 4.19. The van der Waals surface area contributed by atoms with Gasteiger partial charge < -0.3 is 5.32 Å². The maximum atomic E-state index is 12.7. The molecule has 1 aliphatic rings. The van der Waals surface area contributed by atoms with Crippen LogP contribution in [0.5, 0.6) is 0 Å². The number of fused-ring (bicyclic) bond motifs is 1. The van der Waals surface area contributed by atoms with E-state index in [-0.39, 0.29) is 17.3 Å². The molecule has 0 aliphatic carbocycles. The van der Waals surface area contributed by atoms with Crippen LogP contribution >= 0.6 is 11.3 Å². The van der Waals surface area contributed by atoms with Crippen LogP contribution in [-0.4, -0.2) is 28.8 Å². The van der Waals surface area contributed by atoms with Gasteiger partial charge in [-0.2, -0.15) is 0 Å². The number of nitrogens with one attached hydrogen (secondary N) is 1. The van der Waals surface area contributed by atoms with Gasteiger partial charge >= 0.3 is 0 Å². The van der Waals surface area contributed by atoms with E-state index >= 15 is 0 Å². The van der Waals surface area contributed by atoms with E-state index in [0.29, 0.717) is 6.54 Å². The third-order valence-corrected chi connectivity index (χ3v) is 6.29. The van der Waals surface area contributed by atoms with Crippen LogP contribution < -0.4 is 5.32 Å². The lowest BCUT2D eigenvalue weighted by Gasteiger charge is -2.35. The fourth-order valence-electron chi connectivity index (χ4n) is 3.78. The normalized spacial score (nSPS) is 14.8. The molecule has 1 aromatic heterocycles. The molecular weight excluding hydrogens is 386 g/mol. The standard InChI is InChI=1S/C22H21N3O3S/c26-22(18-8-4-5-9-19(18)25(27)28)23-14-20(16-6-2-1-3-7-16)24-12-10-21-17(15-24)11-13-29-21/h1-9,11,13,20H,10,12,14-15H2,(H,23,26)/t20-/m1/s1. The van der Waals surface area contributed by atoms with Gasteiger partial charge in [0.15, 0.2) is 0 Å². The molecule has 0 spiro atoms. The second-order valence-corrected chi connectivity index (χ2v) is 8.00. The van der Waals surface area contributed by atoms with E-state index in [2.05, 4.69) is 33.8 Å². The Bertz CT molecular complexity index is 1020. The van der Waals surface area contributed by atoms with E-state index in [1.54, 1.807) is 23.5 Å². The fraction of sp³-hybridized carbons (Fsp3) is 0.227. The topological polar surface area (TPSA) is 75.5 Å². The molecule has 0 fully saturated rings. The molecule has 1 aliphatic heterocycles. The van der Waals surface area contributed by atoms with Crippen LogP contribution in [0, 0.1) is 10.1 Å². The maximum absolute atomic E-state index is 12.7. The number of benzene rings is 2. The molecule has 3 aromatic rings. The monoisotopic (exact) mass is 407 g/mol. The molecule has 7 heteroatoms. The van der Waals surface area contributed by atoms with E-state index in [4.69, 9.17) is 0 Å². The van der Waals surface area contributed by atoms with Crippen LogP contribution in [0.3, 0.4) is 0 Å². The van der Waals surface area contributed by atoms with Crippen molar-refractivity contribution in [1.29, 1.82) is 0 Å². The first kappa shape index (κ1) is 19.3. The average molecular weight is 407 g/mol. The molecule has 29 heavy (non-hydrogen) atoms. The summed E-state index contributed by atoms with van der Waals surface area (Å²) in [5.74, 6) is -0.425. The van der Waals surface area contributed by atoms with Crippen LogP contribution in [-0.2, 0) is 13.0 Å². The number of nitrogens with zero attached hydrogens (tertiary/aromatic N) is 2. The quantitative estimate of drug-likeness (QED) is 0.491. The number of amides is 1. The molecule has 0 unspecified atom stereocenters. The minimum absolute atomic E-state index is 0.00373. The molecule has 2 aromatic carbocycles. The third-order valence-electron chi connectivity index (χ3n) is 5.26. The van der Waals surface area contributed by atoms with Gasteiger partial charge in [-0.1, -0.05) is 42.5 Å². The van der Waals surface area contributed by atoms with Gasteiger partial charge in [-0.15, -0.1) is 11.3 Å². The number of hydrogen-bond acceptors (Lipinski definition) is 5. The zero-order valence-electron chi connectivity index (χ0n) is 15.8. The molecule has 148 valence electrons. The van der Waals surface area contributed by atoms with Gasteiger partial charge in [0.05, 0.1) is 11.0 Å². The summed E-state index contributed by atoms with van der Waals surface area (Å²) >= 11 is 1.79. The molecule has 4 rings (SSSR count). The molecule has 1 amide bonds. The lowest BCUT2D eigenvalue weighted by atomic mass is 10.0. The second kappa shape index (κ2) is 8.55. The maximum Gasteiger partial charge on any atom is 0.282 e. The number of carbonyl (C=O) groups excluding carboxylic acids is 1. The molecular formula is C22H21N3O3S. The zero-order valence-corrected chi connectivity index (χ0v) is 16.6. The summed E-state index contributed by atoms with van der Waals surface area (Å²) in [6, 6.07) is 18.3. The van der Waals surface area contributed by atoms with E-state index in [0.717, 1.165) is 25.1 Å². The highest BCUT2D eigenvalue weighted by Gasteiger charge is 2.27. The Kier molecular flexibility index (Phi) is 5.69. The van der Waals surface area contributed by atoms with Crippen molar-refractivity contribution in [1.82, 2.24) is 10.2 Å². The van der Waals surface area contributed by atoms with Crippen LogP contribution in [0.25, 0.3) is 0 Å². The number of carbonyl (C=O) groups is 1. The lowest BCUT2D eigenvalue weighted by Crippen LogP contribution is -2.40. The van der Waals surface area contributed by atoms with Crippen LogP contribution in [0.4, 0.5) is 5.69 Å². The van der Waals surface area contributed by atoms with Crippen molar-refractivity contribution in [2.75, 3.05) is 13.1 Å². The van der Waals surface area contributed by atoms with Gasteiger partial charge in [-0.25, -0.2) is 0 Å². The zero-order chi connectivity index (χ0) is 20.2. The van der Waals surface area contributed by atoms with E-state index < -0.39 is 10.8 Å². The molecule has 2 heterocycles. The van der Waals surface area contributed by atoms with Crippen molar-refractivity contribution in [3.8, 4) is 0 Å². The summed E-state index contributed by atoms with van der Waals surface area (Å²) in [6.07, 6.45) is 0.994. The number of rotatable bonds is 6. The lowest BCUT2D eigenvalue weighted by molar-refractivity contribution is -0.385. The van der Waals surface area contributed by atoms with Crippen LogP contribution in [0.1, 0.15) is 32.4 Å². The molecule has 0 radical (unpaired) electrons. The van der Waals surface area contributed by atoms with Gasteiger partial charge in [0, 0.05) is 30.6 Å². The highest BCUT2D eigenvalue weighted by molar-refractivity contribution is 7.10. The Hall–Kier alpha value is -3.03. The fourth-order valence-corrected chi connectivity index (χ4v) is 4.67. The van der Waals surface area contributed by atoms with Gasteiger partial charge in [0.2, 0.25) is 0 Å². The van der Waals surface area contributed by atoms with E-state index in [1.807, 2.05) is 18.2 Å². The smallest absolute Gasteiger partial charge is 0.282 e. The van der Waals surface area contributed by atoms with E-state index in [1.165, 1.54) is 22.6 Å². The molecule has 0 saturated heterocycles. The van der Waals surface area contributed by atoms with Crippen molar-refractivity contribution in [3.05, 3.63) is 97.7 Å². The average Bonchev–Trinajstić information content (AvgIpc) is 3.22. The number of nitro groups is 1. The first-order valence-corrected chi connectivity index (χ1v) is 10.4. The summed E-state index contributed by atoms with van der Waals surface area (Å²) in [6.45, 7) is 2.13. The van der Waals surface area contributed by atoms with Crippen molar-refractivity contribution in [2.45, 2.75) is 19.0 Å². The Morgan fingerprint density at radius 3 is 2.69 bits per heavy atom. The summed E-state index contributed by atoms with van der Waals surface area (Å²) in [7, 11) is 0. The largest absolute Gasteiger partial charge is 0.350 e. The Balaban J connectivity index is 1.54. The molecule has 0 saturated carbocycles. The van der Waals surface area contributed by atoms with Crippen LogP contribution in [0.15, 0.2) is 66.0 Å². The van der Waals surface area contributed by atoms with Crippen molar-refractivity contribution in [2.24, 2.45) is 0 Å². The SMILES string of the molecule is O=C(NC[C@H](c1ccccc1)N1CCc2sccc2C1)c1ccccc1[N+](=O)[O-]. The minimum atomic E-state index is -0.522. The Morgan fingerprint density at radius 2 is 1.90 bits per heavy atom. The van der Waals surface area contributed by atoms with Gasteiger partial charge in [-0.3, -0.25) is 19.8 Å². The van der Waals surface area contributed by atoms with Gasteiger partial charge in [-0.05, 0) is 35.1 Å². The predicted molar refractivity (Wildman–Crippen MR) is 113 cm³/mol. The number of nitro benzene ring substituents is 1. The molecule has 1 N–H and O–H groups in total. The second-order valence-electron chi connectivity index (χ2n) is 7.00. The van der Waals surface area contributed by atoms with Gasteiger partial charge in [0.1, 0.15) is 5.56 Å². The molecule has 1 atom stereocenters. The Morgan fingerprint density at radius 1 is 1.14 bits per heavy atom. The molecule has 6 nitrogen and oxygen atoms in total. The van der Waals surface area contributed by atoms with Crippen LogP contribution in [0.2, 0.25) is 0 Å². The minimum Gasteiger partial charge on any atom is -0.350 e. The highest BCUT2D eigenvalue weighted by Crippen LogP contribution is 2.30. The van der Waals surface area contributed by atoms with Crippen molar-refractivity contribution in [3.63, 3.8) is 0 Å². The molecule has 0 bridgehead atoms. The first-order chi connectivity index (χ1) is 14.1. The Labute approximate surface area is 172 Å². The van der Waals surface area contributed by atoms with E-state index in [9.17, 15) is 14.9 Å². The van der Waals surface area contributed by atoms with Gasteiger partial charge in [0.25, 0.3) is 11.6 Å². The number of hydrogen-bond donors (Lipinski definition) is 1. The summed E-state index contributed by atoms with van der Waals surface area (Å²) < 4.78 is 0. The van der Waals surface area contributed by atoms with Crippen molar-refractivity contribution < 1.29 is 9.72 Å². The number of thiophene rings is 1. The summed E-state index contributed by atoms with van der Waals surface area (Å²) in [5, 5.41) is 16.3. The summed E-state index contributed by atoms with van der Waals surface area (Å²) in [5.41, 5.74) is 2.37.